The number of ether oxygens (including phenoxy) is 2. The Balaban J connectivity index is 1.61. The summed E-state index contributed by atoms with van der Waals surface area (Å²) in [4.78, 5) is 13.5. The number of nitrogens with one attached hydrogen (secondary N) is 1. The molecule has 1 N–H and O–H groups in total. The number of amides is 1. The number of hydrogen-bond acceptors (Lipinski definition) is 7. The van der Waals surface area contributed by atoms with E-state index in [1.54, 1.807) is 18.2 Å². The predicted molar refractivity (Wildman–Crippen MR) is 129 cm³/mol. The Hall–Kier alpha value is -2.51. The van der Waals surface area contributed by atoms with Crippen LogP contribution in [-0.4, -0.2) is 77.4 Å². The molecule has 1 amide bonds. The molecule has 0 spiro atoms. The van der Waals surface area contributed by atoms with Crippen molar-refractivity contribution in [1.29, 1.82) is 0 Å². The van der Waals surface area contributed by atoms with Gasteiger partial charge in [-0.05, 0) is 43.2 Å². The van der Waals surface area contributed by atoms with Crippen molar-refractivity contribution in [2.75, 3.05) is 45.3 Å². The molecule has 2 heterocycles. The van der Waals surface area contributed by atoms with Crippen molar-refractivity contribution in [3.05, 3.63) is 48.5 Å². The first-order valence-corrected chi connectivity index (χ1v) is 14.3. The van der Waals surface area contributed by atoms with Gasteiger partial charge >= 0.3 is 0 Å². The van der Waals surface area contributed by atoms with Crippen LogP contribution in [0.2, 0.25) is 0 Å². The van der Waals surface area contributed by atoms with Crippen molar-refractivity contribution < 1.29 is 31.1 Å². The minimum Gasteiger partial charge on any atom is -0.495 e. The van der Waals surface area contributed by atoms with Crippen LogP contribution in [0.25, 0.3) is 0 Å². The van der Waals surface area contributed by atoms with Gasteiger partial charge in [0, 0.05) is 19.6 Å². The summed E-state index contributed by atoms with van der Waals surface area (Å²) in [6.07, 6.45) is 1.69. The van der Waals surface area contributed by atoms with Crippen LogP contribution in [-0.2, 0) is 29.6 Å². The first kappa shape index (κ1) is 25.6. The number of anilines is 1. The average molecular weight is 524 g/mol. The van der Waals surface area contributed by atoms with E-state index in [4.69, 9.17) is 9.47 Å². The molecule has 2 saturated heterocycles. The summed E-state index contributed by atoms with van der Waals surface area (Å²) in [7, 11) is -6.27. The fraction of sp³-hybridized carbons (Fsp3) is 0.435. The monoisotopic (exact) mass is 523 g/mol. The van der Waals surface area contributed by atoms with Gasteiger partial charge in [0.2, 0.25) is 26.0 Å². The normalized spacial score (nSPS) is 20.3. The standard InChI is InChI=1S/C23H29N3O7S2/c1-32-22-11-10-19(34(28,29)25-13-15-33-16-14-25)17-20(22)24-23(27)21-9-5-6-12-26(21)35(30,31)18-7-3-2-4-8-18/h2-4,7-8,10-11,17,21H,5-6,9,12-16H2,1H3,(H,24,27)/t21-/m1/s1. The predicted octanol–water partition coefficient (Wildman–Crippen LogP) is 1.90. The number of morpholine rings is 1. The van der Waals surface area contributed by atoms with Gasteiger partial charge in [0.25, 0.3) is 0 Å². The van der Waals surface area contributed by atoms with Gasteiger partial charge in [-0.15, -0.1) is 0 Å². The van der Waals surface area contributed by atoms with E-state index < -0.39 is 32.0 Å². The molecule has 0 unspecified atom stereocenters. The number of carbonyl (C=O) groups is 1. The lowest BCUT2D eigenvalue weighted by atomic mass is 10.0. The maximum Gasteiger partial charge on any atom is 0.243 e. The molecule has 0 aromatic heterocycles. The molecule has 2 aromatic carbocycles. The summed E-state index contributed by atoms with van der Waals surface area (Å²) in [6.45, 7) is 1.32. The number of carbonyl (C=O) groups excluding carboxylic acids is 1. The summed E-state index contributed by atoms with van der Waals surface area (Å²) < 4.78 is 65.9. The molecule has 0 aliphatic carbocycles. The third-order valence-electron chi connectivity index (χ3n) is 6.14. The van der Waals surface area contributed by atoms with E-state index in [1.165, 1.54) is 46.1 Å². The summed E-state index contributed by atoms with van der Waals surface area (Å²) >= 11 is 0. The van der Waals surface area contributed by atoms with Gasteiger partial charge < -0.3 is 14.8 Å². The summed E-state index contributed by atoms with van der Waals surface area (Å²) in [6, 6.07) is 11.3. The lowest BCUT2D eigenvalue weighted by Crippen LogP contribution is -2.49. The summed E-state index contributed by atoms with van der Waals surface area (Å²) in [5.74, 6) is -0.268. The largest absolute Gasteiger partial charge is 0.495 e. The molecule has 2 fully saturated rings. The van der Waals surface area contributed by atoms with Gasteiger partial charge in [0.1, 0.15) is 11.8 Å². The first-order chi connectivity index (χ1) is 16.7. The molecule has 190 valence electrons. The van der Waals surface area contributed by atoms with Gasteiger partial charge in [-0.3, -0.25) is 4.79 Å². The number of piperidine rings is 1. The molecule has 12 heteroatoms. The van der Waals surface area contributed by atoms with Crippen LogP contribution in [0.4, 0.5) is 5.69 Å². The maximum absolute atomic E-state index is 13.3. The van der Waals surface area contributed by atoms with Gasteiger partial charge in [-0.25, -0.2) is 16.8 Å². The number of benzene rings is 2. The van der Waals surface area contributed by atoms with E-state index in [-0.39, 0.29) is 40.9 Å². The first-order valence-electron chi connectivity index (χ1n) is 11.4. The highest BCUT2D eigenvalue weighted by Gasteiger charge is 2.38. The topological polar surface area (TPSA) is 122 Å². The van der Waals surface area contributed by atoms with Gasteiger partial charge in [0.05, 0.1) is 35.8 Å². The molecule has 0 bridgehead atoms. The Morgan fingerprint density at radius 3 is 2.34 bits per heavy atom. The Bertz CT molecular complexity index is 1260. The molecule has 10 nitrogen and oxygen atoms in total. The third-order valence-corrected chi connectivity index (χ3v) is 9.96. The zero-order chi connectivity index (χ0) is 25.1. The van der Waals surface area contributed by atoms with Gasteiger partial charge in [0.15, 0.2) is 0 Å². The van der Waals surface area contributed by atoms with E-state index in [1.807, 2.05) is 0 Å². The molecule has 2 aromatic rings. The second kappa shape index (κ2) is 10.6. The molecule has 2 aliphatic rings. The van der Waals surface area contributed by atoms with Crippen molar-refractivity contribution in [2.45, 2.75) is 35.1 Å². The van der Waals surface area contributed by atoms with Crippen LogP contribution in [0, 0.1) is 0 Å². The maximum atomic E-state index is 13.3. The SMILES string of the molecule is COc1ccc(S(=O)(=O)N2CCOCC2)cc1NC(=O)[C@H]1CCCCN1S(=O)(=O)c1ccccc1. The number of sulfonamides is 2. The molecule has 2 aliphatic heterocycles. The van der Waals surface area contributed by atoms with Crippen LogP contribution < -0.4 is 10.1 Å². The quantitative estimate of drug-likeness (QED) is 0.588. The Labute approximate surface area is 205 Å². The second-order valence-electron chi connectivity index (χ2n) is 8.31. The molecular formula is C23H29N3O7S2. The van der Waals surface area contributed by atoms with Gasteiger partial charge in [-0.1, -0.05) is 24.6 Å². The molecule has 35 heavy (non-hydrogen) atoms. The smallest absolute Gasteiger partial charge is 0.243 e. The van der Waals surface area contributed by atoms with E-state index in [0.717, 1.165) is 0 Å². The lowest BCUT2D eigenvalue weighted by molar-refractivity contribution is -0.120. The molecule has 1 atom stereocenters. The number of methoxy groups -OCH3 is 1. The lowest BCUT2D eigenvalue weighted by Gasteiger charge is -2.33. The Morgan fingerprint density at radius 1 is 0.943 bits per heavy atom. The van der Waals surface area contributed by atoms with Crippen molar-refractivity contribution in [2.24, 2.45) is 0 Å². The summed E-state index contributed by atoms with van der Waals surface area (Å²) in [5.41, 5.74) is 0.162. The number of hydrogen-bond donors (Lipinski definition) is 1. The number of nitrogens with zero attached hydrogens (tertiary/aromatic N) is 2. The van der Waals surface area contributed by atoms with Crippen LogP contribution >= 0.6 is 0 Å². The summed E-state index contributed by atoms with van der Waals surface area (Å²) in [5, 5.41) is 2.72. The third kappa shape index (κ3) is 5.36. The van der Waals surface area contributed by atoms with E-state index >= 15 is 0 Å². The minimum absolute atomic E-state index is 0.00732. The van der Waals surface area contributed by atoms with Crippen LogP contribution in [0.1, 0.15) is 19.3 Å². The van der Waals surface area contributed by atoms with Crippen molar-refractivity contribution in [3.63, 3.8) is 0 Å². The van der Waals surface area contributed by atoms with E-state index in [0.29, 0.717) is 32.5 Å². The zero-order valence-electron chi connectivity index (χ0n) is 19.4. The zero-order valence-corrected chi connectivity index (χ0v) is 21.1. The minimum atomic E-state index is -3.88. The van der Waals surface area contributed by atoms with Crippen molar-refractivity contribution in [1.82, 2.24) is 8.61 Å². The Kier molecular flexibility index (Phi) is 7.77. The fourth-order valence-corrected chi connectivity index (χ4v) is 7.39. The highest BCUT2D eigenvalue weighted by Crippen LogP contribution is 2.31. The Morgan fingerprint density at radius 2 is 1.66 bits per heavy atom. The van der Waals surface area contributed by atoms with Gasteiger partial charge in [-0.2, -0.15) is 8.61 Å². The fourth-order valence-electron chi connectivity index (χ4n) is 4.28. The van der Waals surface area contributed by atoms with E-state index in [9.17, 15) is 21.6 Å². The highest BCUT2D eigenvalue weighted by molar-refractivity contribution is 7.89. The van der Waals surface area contributed by atoms with Crippen LogP contribution in [0.15, 0.2) is 58.3 Å². The van der Waals surface area contributed by atoms with Crippen LogP contribution in [0.5, 0.6) is 5.75 Å². The van der Waals surface area contributed by atoms with Crippen molar-refractivity contribution in [3.8, 4) is 5.75 Å². The highest BCUT2D eigenvalue weighted by atomic mass is 32.2. The van der Waals surface area contributed by atoms with Crippen LogP contribution in [0.3, 0.4) is 0 Å². The molecule has 0 saturated carbocycles. The molecular weight excluding hydrogens is 494 g/mol. The second-order valence-corrected chi connectivity index (χ2v) is 12.1. The van der Waals surface area contributed by atoms with Crippen molar-refractivity contribution >= 4 is 31.6 Å². The average Bonchev–Trinajstić information content (AvgIpc) is 2.89. The molecule has 4 rings (SSSR count). The molecule has 0 radical (unpaired) electrons. The number of rotatable bonds is 7. The van der Waals surface area contributed by atoms with E-state index in [2.05, 4.69) is 5.32 Å².